The molecule has 0 spiro atoms. The lowest BCUT2D eigenvalue weighted by molar-refractivity contribution is -0.135. The van der Waals surface area contributed by atoms with Gasteiger partial charge in [0.05, 0.1) is 6.04 Å². The van der Waals surface area contributed by atoms with E-state index < -0.39 is 0 Å². The maximum atomic E-state index is 13.0. The average molecular weight is 325 g/mol. The van der Waals surface area contributed by atoms with Crippen LogP contribution >= 0.6 is 0 Å². The first-order chi connectivity index (χ1) is 11.0. The molecule has 1 unspecified atom stereocenters. The van der Waals surface area contributed by atoms with E-state index in [4.69, 9.17) is 0 Å². The molecule has 2 rings (SSSR count). The largest absolute Gasteiger partial charge is 0.396 e. The van der Waals surface area contributed by atoms with Gasteiger partial charge in [0, 0.05) is 25.7 Å². The Hall–Kier alpha value is -0.610. The van der Waals surface area contributed by atoms with Crippen LogP contribution in [0.15, 0.2) is 0 Å². The number of rotatable bonds is 6. The number of nitrogens with zero attached hydrogens (tertiary/aromatic N) is 1. The maximum absolute atomic E-state index is 13.0. The van der Waals surface area contributed by atoms with E-state index in [0.717, 1.165) is 38.3 Å². The number of hydrogen-bond donors (Lipinski definition) is 2. The Kier molecular flexibility index (Phi) is 7.35. The van der Waals surface area contributed by atoms with Crippen LogP contribution in [0.3, 0.4) is 0 Å². The van der Waals surface area contributed by atoms with Crippen molar-refractivity contribution >= 4 is 5.91 Å². The van der Waals surface area contributed by atoms with Crippen molar-refractivity contribution in [3.63, 3.8) is 0 Å². The summed E-state index contributed by atoms with van der Waals surface area (Å²) in [5.41, 5.74) is 0. The number of likely N-dealkylation sites (tertiary alicyclic amines) is 1. The molecule has 1 amide bonds. The maximum Gasteiger partial charge on any atom is 0.239 e. The SMILES string of the molecule is CC(C)CC(NC1CCC(C)CC1)C(=O)N1CCC(CO)CC1. The van der Waals surface area contributed by atoms with E-state index in [1.807, 2.05) is 4.90 Å². The van der Waals surface area contributed by atoms with Crippen LogP contribution in [0.2, 0.25) is 0 Å². The number of piperidine rings is 1. The van der Waals surface area contributed by atoms with Gasteiger partial charge in [-0.25, -0.2) is 0 Å². The van der Waals surface area contributed by atoms with Gasteiger partial charge in [-0.3, -0.25) is 4.79 Å². The van der Waals surface area contributed by atoms with Gasteiger partial charge in [0.2, 0.25) is 5.91 Å². The fourth-order valence-electron chi connectivity index (χ4n) is 3.98. The zero-order valence-electron chi connectivity index (χ0n) is 15.3. The molecule has 0 aromatic carbocycles. The highest BCUT2D eigenvalue weighted by Crippen LogP contribution is 2.25. The fraction of sp³-hybridized carbons (Fsp3) is 0.947. The topological polar surface area (TPSA) is 52.6 Å². The molecule has 23 heavy (non-hydrogen) atoms. The molecule has 1 aliphatic carbocycles. The van der Waals surface area contributed by atoms with E-state index in [1.165, 1.54) is 25.7 Å². The van der Waals surface area contributed by atoms with Gasteiger partial charge in [0.15, 0.2) is 0 Å². The third kappa shape index (κ3) is 5.75. The van der Waals surface area contributed by atoms with E-state index in [-0.39, 0.29) is 18.6 Å². The molecular weight excluding hydrogens is 288 g/mol. The Morgan fingerprint density at radius 2 is 1.74 bits per heavy atom. The molecule has 0 bridgehead atoms. The molecule has 1 heterocycles. The monoisotopic (exact) mass is 324 g/mol. The van der Waals surface area contributed by atoms with Gasteiger partial charge >= 0.3 is 0 Å². The van der Waals surface area contributed by atoms with Crippen molar-refractivity contribution in [1.29, 1.82) is 0 Å². The lowest BCUT2D eigenvalue weighted by Gasteiger charge is -2.36. The van der Waals surface area contributed by atoms with Crippen molar-refractivity contribution < 1.29 is 9.90 Å². The lowest BCUT2D eigenvalue weighted by Crippen LogP contribution is -2.52. The number of carbonyl (C=O) groups excluding carboxylic acids is 1. The third-order valence-electron chi connectivity index (χ3n) is 5.64. The van der Waals surface area contributed by atoms with Crippen molar-refractivity contribution in [3.05, 3.63) is 0 Å². The predicted molar refractivity (Wildman–Crippen MR) is 94.2 cm³/mol. The second-order valence-corrected chi connectivity index (χ2v) is 8.26. The van der Waals surface area contributed by atoms with Crippen molar-refractivity contribution in [3.8, 4) is 0 Å². The highest BCUT2D eigenvalue weighted by Gasteiger charge is 2.30. The Balaban J connectivity index is 1.90. The summed E-state index contributed by atoms with van der Waals surface area (Å²) in [6.45, 7) is 8.60. The molecule has 2 aliphatic rings. The van der Waals surface area contributed by atoms with Crippen molar-refractivity contribution in [2.75, 3.05) is 19.7 Å². The number of aliphatic hydroxyl groups excluding tert-OH is 1. The van der Waals surface area contributed by atoms with Gasteiger partial charge in [0.1, 0.15) is 0 Å². The molecule has 2 fully saturated rings. The van der Waals surface area contributed by atoms with Crippen LogP contribution in [0.5, 0.6) is 0 Å². The molecule has 4 heteroatoms. The van der Waals surface area contributed by atoms with Crippen molar-refractivity contribution in [2.45, 2.75) is 77.8 Å². The summed E-state index contributed by atoms with van der Waals surface area (Å²) in [4.78, 5) is 15.0. The zero-order chi connectivity index (χ0) is 16.8. The van der Waals surface area contributed by atoms with Gasteiger partial charge in [-0.15, -0.1) is 0 Å². The van der Waals surface area contributed by atoms with Crippen molar-refractivity contribution in [2.24, 2.45) is 17.8 Å². The molecule has 1 atom stereocenters. The summed E-state index contributed by atoms with van der Waals surface area (Å²) in [5.74, 6) is 2.03. The molecule has 0 aromatic heterocycles. The van der Waals surface area contributed by atoms with Gasteiger partial charge in [-0.1, -0.05) is 20.8 Å². The van der Waals surface area contributed by atoms with Gasteiger partial charge in [-0.2, -0.15) is 0 Å². The first-order valence-corrected chi connectivity index (χ1v) is 9.65. The lowest BCUT2D eigenvalue weighted by atomic mass is 9.86. The van der Waals surface area contributed by atoms with Crippen LogP contribution in [-0.4, -0.2) is 47.7 Å². The molecule has 4 nitrogen and oxygen atoms in total. The van der Waals surface area contributed by atoms with Crippen LogP contribution in [0, 0.1) is 17.8 Å². The molecule has 134 valence electrons. The molecule has 0 aromatic rings. The van der Waals surface area contributed by atoms with E-state index in [9.17, 15) is 9.90 Å². The normalized spacial score (nSPS) is 28.1. The van der Waals surface area contributed by atoms with Crippen LogP contribution in [0.25, 0.3) is 0 Å². The zero-order valence-corrected chi connectivity index (χ0v) is 15.3. The Morgan fingerprint density at radius 1 is 1.13 bits per heavy atom. The number of nitrogens with one attached hydrogen (secondary N) is 1. The summed E-state index contributed by atoms with van der Waals surface area (Å²) in [6.07, 6.45) is 7.77. The molecule has 1 aliphatic heterocycles. The van der Waals surface area contributed by atoms with Crippen molar-refractivity contribution in [1.82, 2.24) is 10.2 Å². The fourth-order valence-corrected chi connectivity index (χ4v) is 3.98. The second kappa shape index (κ2) is 9.03. The van der Waals surface area contributed by atoms with Gasteiger partial charge in [-0.05, 0) is 62.7 Å². The Morgan fingerprint density at radius 3 is 2.26 bits per heavy atom. The third-order valence-corrected chi connectivity index (χ3v) is 5.64. The number of amides is 1. The molecule has 1 saturated heterocycles. The standard InChI is InChI=1S/C19H36N2O2/c1-14(2)12-18(20-17-6-4-15(3)5-7-17)19(23)21-10-8-16(13-22)9-11-21/h14-18,20,22H,4-13H2,1-3H3. The summed E-state index contributed by atoms with van der Waals surface area (Å²) in [6, 6.07) is 0.480. The second-order valence-electron chi connectivity index (χ2n) is 8.26. The van der Waals surface area contributed by atoms with Crippen LogP contribution in [0.4, 0.5) is 0 Å². The summed E-state index contributed by atoms with van der Waals surface area (Å²) < 4.78 is 0. The molecular formula is C19H36N2O2. The number of carbonyl (C=O) groups is 1. The molecule has 0 radical (unpaired) electrons. The minimum atomic E-state index is -0.0286. The van der Waals surface area contributed by atoms with Gasteiger partial charge in [0.25, 0.3) is 0 Å². The van der Waals surface area contributed by atoms with Crippen LogP contribution in [0.1, 0.15) is 65.7 Å². The first kappa shape index (κ1) is 18.7. The minimum Gasteiger partial charge on any atom is -0.396 e. The van der Waals surface area contributed by atoms with E-state index >= 15 is 0 Å². The quantitative estimate of drug-likeness (QED) is 0.790. The van der Waals surface area contributed by atoms with E-state index in [0.29, 0.717) is 17.9 Å². The first-order valence-electron chi connectivity index (χ1n) is 9.65. The summed E-state index contributed by atoms with van der Waals surface area (Å²) in [7, 11) is 0. The van der Waals surface area contributed by atoms with E-state index in [1.54, 1.807) is 0 Å². The van der Waals surface area contributed by atoms with Crippen LogP contribution in [-0.2, 0) is 4.79 Å². The predicted octanol–water partition coefficient (Wildman–Crippen LogP) is 2.80. The van der Waals surface area contributed by atoms with Crippen LogP contribution < -0.4 is 5.32 Å². The highest BCUT2D eigenvalue weighted by atomic mass is 16.3. The minimum absolute atomic E-state index is 0.0286. The number of hydrogen-bond acceptors (Lipinski definition) is 3. The average Bonchev–Trinajstić information content (AvgIpc) is 2.55. The summed E-state index contributed by atoms with van der Waals surface area (Å²) >= 11 is 0. The summed E-state index contributed by atoms with van der Waals surface area (Å²) in [5, 5.41) is 13.0. The smallest absolute Gasteiger partial charge is 0.239 e. The highest BCUT2D eigenvalue weighted by molar-refractivity contribution is 5.82. The molecule has 1 saturated carbocycles. The Bertz CT molecular complexity index is 356. The molecule has 2 N–H and O–H groups in total. The van der Waals surface area contributed by atoms with E-state index in [2.05, 4.69) is 26.1 Å². The Labute approximate surface area is 142 Å². The van der Waals surface area contributed by atoms with Gasteiger partial charge < -0.3 is 15.3 Å². The number of aliphatic hydroxyl groups is 1.